The summed E-state index contributed by atoms with van der Waals surface area (Å²) in [7, 11) is 3.38. The first-order valence-corrected chi connectivity index (χ1v) is 9.71. The molecule has 0 saturated carbocycles. The van der Waals surface area contributed by atoms with Gasteiger partial charge in [-0.3, -0.25) is 14.2 Å². The summed E-state index contributed by atoms with van der Waals surface area (Å²) in [5.41, 5.74) is 2.01. The van der Waals surface area contributed by atoms with Crippen LogP contribution in [0.15, 0.2) is 60.0 Å². The summed E-state index contributed by atoms with van der Waals surface area (Å²) in [5, 5.41) is 12.0. The molecule has 0 atom stereocenters. The lowest BCUT2D eigenvalue weighted by Crippen LogP contribution is -2.21. The maximum absolute atomic E-state index is 12.3. The van der Waals surface area contributed by atoms with Crippen molar-refractivity contribution in [2.75, 3.05) is 25.2 Å². The Kier molecular flexibility index (Phi) is 6.33. The van der Waals surface area contributed by atoms with Crippen LogP contribution < -0.4 is 5.32 Å². The van der Waals surface area contributed by atoms with E-state index < -0.39 is 0 Å². The Morgan fingerprint density at radius 1 is 1.18 bits per heavy atom. The molecule has 3 rings (SSSR count). The second-order valence-corrected chi connectivity index (χ2v) is 7.46. The smallest absolute Gasteiger partial charge is 0.253 e. The van der Waals surface area contributed by atoms with E-state index in [2.05, 4.69) is 15.5 Å². The van der Waals surface area contributed by atoms with Gasteiger partial charge in [-0.25, -0.2) is 0 Å². The van der Waals surface area contributed by atoms with Crippen molar-refractivity contribution in [1.82, 2.24) is 19.7 Å². The Morgan fingerprint density at radius 2 is 1.93 bits per heavy atom. The molecule has 1 N–H and O–H groups in total. The van der Waals surface area contributed by atoms with E-state index in [0.29, 0.717) is 21.4 Å². The average Bonchev–Trinajstić information content (AvgIpc) is 3.15. The number of hydrogen-bond acceptors (Lipinski definition) is 5. The predicted molar refractivity (Wildman–Crippen MR) is 110 cm³/mol. The second-order valence-electron chi connectivity index (χ2n) is 6.08. The van der Waals surface area contributed by atoms with Crippen LogP contribution in [0.3, 0.4) is 0 Å². The summed E-state index contributed by atoms with van der Waals surface area (Å²) in [4.78, 5) is 25.6. The van der Waals surface area contributed by atoms with E-state index in [-0.39, 0.29) is 17.6 Å². The predicted octanol–water partition coefficient (Wildman–Crippen LogP) is 3.35. The lowest BCUT2D eigenvalue weighted by molar-refractivity contribution is -0.113. The quantitative estimate of drug-likeness (QED) is 0.624. The van der Waals surface area contributed by atoms with Crippen molar-refractivity contribution in [3.63, 3.8) is 0 Å². The van der Waals surface area contributed by atoms with E-state index in [1.807, 2.05) is 12.1 Å². The summed E-state index contributed by atoms with van der Waals surface area (Å²) in [6.45, 7) is 0. The van der Waals surface area contributed by atoms with E-state index in [0.717, 1.165) is 5.69 Å². The molecule has 2 aromatic carbocycles. The van der Waals surface area contributed by atoms with Gasteiger partial charge in [0.1, 0.15) is 6.33 Å². The fourth-order valence-electron chi connectivity index (χ4n) is 2.41. The van der Waals surface area contributed by atoms with Gasteiger partial charge in [-0.05, 0) is 42.5 Å². The lowest BCUT2D eigenvalue weighted by Gasteiger charge is -2.11. The number of halogens is 1. The molecule has 0 saturated heterocycles. The zero-order chi connectivity index (χ0) is 20.1. The molecule has 1 heterocycles. The minimum atomic E-state index is -0.183. The van der Waals surface area contributed by atoms with Gasteiger partial charge in [0, 0.05) is 30.4 Å². The van der Waals surface area contributed by atoms with E-state index in [4.69, 9.17) is 11.6 Å². The molecule has 0 radical (unpaired) electrons. The Morgan fingerprint density at radius 3 is 2.61 bits per heavy atom. The summed E-state index contributed by atoms with van der Waals surface area (Å²) >= 11 is 7.30. The Balaban J connectivity index is 1.60. The average molecular weight is 416 g/mol. The maximum atomic E-state index is 12.3. The van der Waals surface area contributed by atoms with Gasteiger partial charge in [0.2, 0.25) is 5.91 Å². The van der Waals surface area contributed by atoms with Gasteiger partial charge in [0.15, 0.2) is 5.16 Å². The monoisotopic (exact) mass is 415 g/mol. The molecule has 0 aliphatic heterocycles. The second kappa shape index (κ2) is 8.90. The highest BCUT2D eigenvalue weighted by atomic mass is 35.5. The van der Waals surface area contributed by atoms with Crippen LogP contribution in [-0.4, -0.2) is 51.3 Å². The fourth-order valence-corrected chi connectivity index (χ4v) is 3.32. The van der Waals surface area contributed by atoms with Crippen molar-refractivity contribution in [3.05, 3.63) is 65.4 Å². The van der Waals surface area contributed by atoms with Gasteiger partial charge >= 0.3 is 0 Å². The summed E-state index contributed by atoms with van der Waals surface area (Å²) < 4.78 is 1.77. The van der Waals surface area contributed by atoms with E-state index in [9.17, 15) is 9.59 Å². The number of carbonyl (C=O) groups excluding carboxylic acids is 2. The van der Waals surface area contributed by atoms with Crippen LogP contribution in [0.4, 0.5) is 5.69 Å². The molecular weight excluding hydrogens is 398 g/mol. The van der Waals surface area contributed by atoms with Crippen molar-refractivity contribution in [1.29, 1.82) is 0 Å². The molecule has 3 aromatic rings. The van der Waals surface area contributed by atoms with Crippen molar-refractivity contribution in [2.45, 2.75) is 5.16 Å². The standard InChI is InChI=1S/C19H18ClN5O2S/c1-24(2)18(27)13-6-8-15(9-7-13)22-17(26)11-28-19-23-21-12-25(19)16-5-3-4-14(20)10-16/h3-10,12H,11H2,1-2H3,(H,22,26). The minimum absolute atomic E-state index is 0.0891. The Bertz CT molecular complexity index is 988. The van der Waals surface area contributed by atoms with E-state index in [1.54, 1.807) is 61.4 Å². The third kappa shape index (κ3) is 4.90. The van der Waals surface area contributed by atoms with Gasteiger partial charge in [0.25, 0.3) is 5.91 Å². The molecule has 7 nitrogen and oxygen atoms in total. The van der Waals surface area contributed by atoms with E-state index >= 15 is 0 Å². The molecule has 9 heteroatoms. The third-order valence-electron chi connectivity index (χ3n) is 3.76. The number of nitrogens with one attached hydrogen (secondary N) is 1. The molecule has 0 bridgehead atoms. The maximum Gasteiger partial charge on any atom is 0.253 e. The lowest BCUT2D eigenvalue weighted by atomic mass is 10.2. The number of carbonyl (C=O) groups is 2. The number of amides is 2. The first kappa shape index (κ1) is 19.9. The van der Waals surface area contributed by atoms with Crippen LogP contribution in [0.2, 0.25) is 5.02 Å². The molecule has 1 aromatic heterocycles. The van der Waals surface area contributed by atoms with Crippen LogP contribution in [0, 0.1) is 0 Å². The zero-order valence-corrected chi connectivity index (χ0v) is 16.9. The van der Waals surface area contributed by atoms with Crippen LogP contribution in [-0.2, 0) is 4.79 Å². The first-order valence-electron chi connectivity index (χ1n) is 8.34. The van der Waals surface area contributed by atoms with Gasteiger partial charge in [0.05, 0.1) is 11.4 Å². The molecule has 0 fully saturated rings. The summed E-state index contributed by atoms with van der Waals surface area (Å²) in [6.07, 6.45) is 1.58. The highest BCUT2D eigenvalue weighted by Gasteiger charge is 2.12. The molecule has 0 aliphatic carbocycles. The molecule has 0 aliphatic rings. The van der Waals surface area contributed by atoms with E-state index in [1.165, 1.54) is 16.7 Å². The van der Waals surface area contributed by atoms with Gasteiger partial charge in [-0.2, -0.15) is 0 Å². The normalized spacial score (nSPS) is 10.5. The SMILES string of the molecule is CN(C)C(=O)c1ccc(NC(=O)CSc2nncn2-c2cccc(Cl)c2)cc1. The summed E-state index contributed by atoms with van der Waals surface area (Å²) in [6, 6.07) is 14.1. The highest BCUT2D eigenvalue weighted by molar-refractivity contribution is 7.99. The number of nitrogens with zero attached hydrogens (tertiary/aromatic N) is 4. The van der Waals surface area contributed by atoms with Crippen LogP contribution in [0.5, 0.6) is 0 Å². The molecule has 0 spiro atoms. The Labute approximate surface area is 171 Å². The number of hydrogen-bond donors (Lipinski definition) is 1. The van der Waals surface area contributed by atoms with Gasteiger partial charge in [-0.15, -0.1) is 10.2 Å². The van der Waals surface area contributed by atoms with Gasteiger partial charge < -0.3 is 10.2 Å². The number of rotatable bonds is 6. The number of benzene rings is 2. The van der Waals surface area contributed by atoms with Crippen molar-refractivity contribution in [3.8, 4) is 5.69 Å². The van der Waals surface area contributed by atoms with Gasteiger partial charge in [-0.1, -0.05) is 29.4 Å². The van der Waals surface area contributed by atoms with Crippen molar-refractivity contribution in [2.24, 2.45) is 0 Å². The van der Waals surface area contributed by atoms with Crippen LogP contribution in [0.1, 0.15) is 10.4 Å². The van der Waals surface area contributed by atoms with Crippen LogP contribution >= 0.6 is 23.4 Å². The summed E-state index contributed by atoms with van der Waals surface area (Å²) in [5.74, 6) is -0.108. The third-order valence-corrected chi connectivity index (χ3v) is 4.94. The largest absolute Gasteiger partial charge is 0.345 e. The van der Waals surface area contributed by atoms with Crippen molar-refractivity contribution >= 4 is 40.9 Å². The first-order chi connectivity index (χ1) is 13.4. The molecule has 28 heavy (non-hydrogen) atoms. The van der Waals surface area contributed by atoms with Crippen LogP contribution in [0.25, 0.3) is 5.69 Å². The van der Waals surface area contributed by atoms with Crippen molar-refractivity contribution < 1.29 is 9.59 Å². The number of thioether (sulfide) groups is 1. The fraction of sp³-hybridized carbons (Fsp3) is 0.158. The molecule has 144 valence electrons. The Hall–Kier alpha value is -2.84. The molecule has 2 amide bonds. The topological polar surface area (TPSA) is 80.1 Å². The highest BCUT2D eigenvalue weighted by Crippen LogP contribution is 2.22. The molecule has 0 unspecified atom stereocenters. The number of anilines is 1. The zero-order valence-electron chi connectivity index (χ0n) is 15.3. The number of aromatic nitrogens is 3. The minimum Gasteiger partial charge on any atom is -0.345 e. The molecular formula is C19H18ClN5O2S.